The first kappa shape index (κ1) is 22.2. The molecule has 5 unspecified atom stereocenters. The zero-order valence-corrected chi connectivity index (χ0v) is 19.5. The summed E-state index contributed by atoms with van der Waals surface area (Å²) in [4.78, 5) is 0. The molecule has 2 nitrogen and oxygen atoms in total. The number of fused-ring (bicyclic) bond motifs is 2. The molecular formula is C28H44O2. The van der Waals surface area contributed by atoms with Gasteiger partial charge in [-0.15, -0.1) is 0 Å². The van der Waals surface area contributed by atoms with Crippen molar-refractivity contribution in [3.8, 4) is 5.75 Å². The monoisotopic (exact) mass is 412 g/mol. The number of benzene rings is 1. The van der Waals surface area contributed by atoms with Gasteiger partial charge in [0.15, 0.2) is 0 Å². The van der Waals surface area contributed by atoms with Crippen molar-refractivity contribution in [3.63, 3.8) is 0 Å². The van der Waals surface area contributed by atoms with E-state index in [1.807, 2.05) is 0 Å². The van der Waals surface area contributed by atoms with E-state index < -0.39 is 0 Å². The quantitative estimate of drug-likeness (QED) is 0.394. The van der Waals surface area contributed by atoms with Crippen LogP contribution < -0.4 is 4.74 Å². The standard InChI is InChI=1S/C28H44O2/c1-3-5-15-29-27-13-11-23-17-21(7-9-25(23)19-27)22-8-10-26-20-28(30-16-6-4-2)14-12-24(26)18-22/h11,13,19,21-22,24,26,28H,3-10,12,14-18,20H2,1-2H3. The lowest BCUT2D eigenvalue weighted by atomic mass is 9.62. The predicted octanol–water partition coefficient (Wildman–Crippen LogP) is 7.37. The zero-order valence-electron chi connectivity index (χ0n) is 19.5. The Balaban J connectivity index is 1.27. The Morgan fingerprint density at radius 3 is 2.33 bits per heavy atom. The fourth-order valence-corrected chi connectivity index (χ4v) is 6.44. The lowest BCUT2D eigenvalue weighted by molar-refractivity contribution is -0.0247. The molecule has 168 valence electrons. The SMILES string of the molecule is CCCCOc1ccc2c(c1)CCC(C1CCC3CC(OCCCC)CCC3C1)C2. The molecular weight excluding hydrogens is 368 g/mol. The third kappa shape index (κ3) is 5.61. The van der Waals surface area contributed by atoms with Crippen molar-refractivity contribution in [1.29, 1.82) is 0 Å². The van der Waals surface area contributed by atoms with Gasteiger partial charge >= 0.3 is 0 Å². The number of rotatable bonds is 9. The predicted molar refractivity (Wildman–Crippen MR) is 125 cm³/mol. The highest BCUT2D eigenvalue weighted by molar-refractivity contribution is 5.37. The van der Waals surface area contributed by atoms with Crippen molar-refractivity contribution >= 4 is 0 Å². The molecule has 2 saturated carbocycles. The molecule has 30 heavy (non-hydrogen) atoms. The van der Waals surface area contributed by atoms with Crippen molar-refractivity contribution in [2.75, 3.05) is 13.2 Å². The van der Waals surface area contributed by atoms with Crippen molar-refractivity contribution in [3.05, 3.63) is 29.3 Å². The Morgan fingerprint density at radius 2 is 1.50 bits per heavy atom. The molecule has 0 radical (unpaired) electrons. The third-order valence-electron chi connectivity index (χ3n) is 8.33. The molecule has 0 amide bonds. The number of aryl methyl sites for hydroxylation is 1. The van der Waals surface area contributed by atoms with Crippen LogP contribution in [0.2, 0.25) is 0 Å². The van der Waals surface area contributed by atoms with Gasteiger partial charge in [0.2, 0.25) is 0 Å². The van der Waals surface area contributed by atoms with Crippen molar-refractivity contribution < 1.29 is 9.47 Å². The molecule has 0 heterocycles. The van der Waals surface area contributed by atoms with Gasteiger partial charge in [-0.2, -0.15) is 0 Å². The van der Waals surface area contributed by atoms with E-state index in [0.29, 0.717) is 6.10 Å². The molecule has 2 fully saturated rings. The molecule has 0 N–H and O–H groups in total. The molecule has 5 atom stereocenters. The molecule has 0 aromatic heterocycles. The first-order valence-corrected chi connectivity index (χ1v) is 13.1. The van der Waals surface area contributed by atoms with Crippen molar-refractivity contribution in [2.45, 2.75) is 103 Å². The lowest BCUT2D eigenvalue weighted by Crippen LogP contribution is -2.37. The molecule has 2 heteroatoms. The van der Waals surface area contributed by atoms with Crippen LogP contribution in [0.25, 0.3) is 0 Å². The maximum Gasteiger partial charge on any atom is 0.119 e. The Bertz CT molecular complexity index is 654. The zero-order chi connectivity index (χ0) is 20.8. The minimum atomic E-state index is 0.560. The second kappa shape index (κ2) is 11.0. The number of unbranched alkanes of at least 4 members (excludes halogenated alkanes) is 2. The molecule has 4 rings (SSSR count). The molecule has 0 bridgehead atoms. The van der Waals surface area contributed by atoms with Crippen molar-refractivity contribution in [1.82, 2.24) is 0 Å². The summed E-state index contributed by atoms with van der Waals surface area (Å²) in [6, 6.07) is 6.92. The van der Waals surface area contributed by atoms with Gasteiger partial charge in [-0.3, -0.25) is 0 Å². The minimum Gasteiger partial charge on any atom is -0.494 e. The van der Waals surface area contributed by atoms with Crippen LogP contribution in [0.1, 0.15) is 95.6 Å². The fourth-order valence-electron chi connectivity index (χ4n) is 6.44. The molecule has 1 aromatic rings. The first-order chi connectivity index (χ1) is 14.8. The second-order valence-electron chi connectivity index (χ2n) is 10.4. The minimum absolute atomic E-state index is 0.560. The van der Waals surface area contributed by atoms with E-state index >= 15 is 0 Å². The largest absolute Gasteiger partial charge is 0.494 e. The van der Waals surface area contributed by atoms with Gasteiger partial charge in [0.25, 0.3) is 0 Å². The van der Waals surface area contributed by atoms with E-state index in [1.54, 1.807) is 11.1 Å². The maximum atomic E-state index is 6.18. The summed E-state index contributed by atoms with van der Waals surface area (Å²) in [6.45, 7) is 6.31. The Morgan fingerprint density at radius 1 is 0.767 bits per heavy atom. The number of hydrogen-bond donors (Lipinski definition) is 0. The highest BCUT2D eigenvalue weighted by atomic mass is 16.5. The second-order valence-corrected chi connectivity index (χ2v) is 10.4. The van der Waals surface area contributed by atoms with E-state index in [2.05, 4.69) is 32.0 Å². The Kier molecular flexibility index (Phi) is 8.15. The van der Waals surface area contributed by atoms with Gasteiger partial charge in [0, 0.05) is 6.61 Å². The van der Waals surface area contributed by atoms with E-state index in [9.17, 15) is 0 Å². The van der Waals surface area contributed by atoms with Crippen LogP contribution in [0.5, 0.6) is 5.75 Å². The Hall–Kier alpha value is -1.02. The number of hydrogen-bond acceptors (Lipinski definition) is 2. The van der Waals surface area contributed by atoms with Crippen LogP contribution in [-0.4, -0.2) is 19.3 Å². The summed E-state index contributed by atoms with van der Waals surface area (Å²) < 4.78 is 12.1. The van der Waals surface area contributed by atoms with Crippen LogP contribution in [0.4, 0.5) is 0 Å². The highest BCUT2D eigenvalue weighted by Crippen LogP contribution is 2.47. The van der Waals surface area contributed by atoms with E-state index in [1.165, 1.54) is 77.0 Å². The van der Waals surface area contributed by atoms with Crippen LogP contribution in [0.3, 0.4) is 0 Å². The van der Waals surface area contributed by atoms with Gasteiger partial charge < -0.3 is 9.47 Å². The van der Waals surface area contributed by atoms with Gasteiger partial charge in [-0.05, 0) is 118 Å². The molecule has 0 aliphatic heterocycles. The van der Waals surface area contributed by atoms with Gasteiger partial charge in [-0.25, -0.2) is 0 Å². The maximum absolute atomic E-state index is 6.18. The first-order valence-electron chi connectivity index (χ1n) is 13.1. The summed E-state index contributed by atoms with van der Waals surface area (Å²) in [7, 11) is 0. The van der Waals surface area contributed by atoms with Crippen LogP contribution >= 0.6 is 0 Å². The molecule has 1 aromatic carbocycles. The molecule has 3 aliphatic carbocycles. The van der Waals surface area contributed by atoms with Crippen molar-refractivity contribution in [2.24, 2.45) is 23.7 Å². The lowest BCUT2D eigenvalue weighted by Gasteiger charge is -2.45. The molecule has 0 spiro atoms. The highest BCUT2D eigenvalue weighted by Gasteiger charge is 2.38. The third-order valence-corrected chi connectivity index (χ3v) is 8.33. The number of ether oxygens (including phenoxy) is 2. The van der Waals surface area contributed by atoms with Crippen LogP contribution in [0, 0.1) is 23.7 Å². The summed E-state index contributed by atoms with van der Waals surface area (Å²) in [5, 5.41) is 0. The van der Waals surface area contributed by atoms with Gasteiger partial charge in [0.1, 0.15) is 5.75 Å². The topological polar surface area (TPSA) is 18.5 Å². The van der Waals surface area contributed by atoms with Crippen LogP contribution in [0.15, 0.2) is 18.2 Å². The average molecular weight is 413 g/mol. The molecule has 0 saturated heterocycles. The summed E-state index contributed by atoms with van der Waals surface area (Å²) in [5.74, 6) is 4.87. The summed E-state index contributed by atoms with van der Waals surface area (Å²) in [6.07, 6.45) is 17.8. The Labute approximate surface area is 185 Å². The van der Waals surface area contributed by atoms with Crippen LogP contribution in [-0.2, 0) is 17.6 Å². The molecule has 3 aliphatic rings. The summed E-state index contributed by atoms with van der Waals surface area (Å²) >= 11 is 0. The van der Waals surface area contributed by atoms with Gasteiger partial charge in [-0.1, -0.05) is 32.8 Å². The fraction of sp³-hybridized carbons (Fsp3) is 0.786. The van der Waals surface area contributed by atoms with E-state index in [0.717, 1.165) is 49.1 Å². The van der Waals surface area contributed by atoms with Gasteiger partial charge in [0.05, 0.1) is 12.7 Å². The van der Waals surface area contributed by atoms with E-state index in [-0.39, 0.29) is 0 Å². The summed E-state index contributed by atoms with van der Waals surface area (Å²) in [5.41, 5.74) is 3.16. The van der Waals surface area contributed by atoms with E-state index in [4.69, 9.17) is 9.47 Å². The smallest absolute Gasteiger partial charge is 0.119 e. The normalized spacial score (nSPS) is 31.1. The average Bonchev–Trinajstić information content (AvgIpc) is 2.78.